The zero-order chi connectivity index (χ0) is 15.4. The van der Waals surface area contributed by atoms with Gasteiger partial charge in [0.15, 0.2) is 5.82 Å². The van der Waals surface area contributed by atoms with Crippen LogP contribution in [0.15, 0.2) is 28.8 Å². The Kier molecular flexibility index (Phi) is 4.70. The molecule has 6 heteroatoms. The molecule has 0 aliphatic carbocycles. The predicted octanol–water partition coefficient (Wildman–Crippen LogP) is 2.41. The first kappa shape index (κ1) is 15.0. The van der Waals surface area contributed by atoms with E-state index in [1.165, 1.54) is 0 Å². The lowest BCUT2D eigenvalue weighted by atomic mass is 9.98. The molecule has 0 unspecified atom stereocenters. The normalized spacial score (nSPS) is 16.8. The minimum Gasteiger partial charge on any atom is -0.497 e. The molecule has 1 fully saturated rings. The van der Waals surface area contributed by atoms with Crippen LogP contribution in [0.3, 0.4) is 0 Å². The van der Waals surface area contributed by atoms with E-state index in [-0.39, 0.29) is 0 Å². The highest BCUT2D eigenvalue weighted by molar-refractivity contribution is 5.28. The van der Waals surface area contributed by atoms with E-state index >= 15 is 0 Å². The molecule has 2 aromatic rings. The molecular formula is C16H21N3O3. The number of ether oxygens (including phenoxy) is 1. The van der Waals surface area contributed by atoms with Gasteiger partial charge in [0.1, 0.15) is 5.75 Å². The average Bonchev–Trinajstić information content (AvgIpc) is 3.04. The van der Waals surface area contributed by atoms with Gasteiger partial charge in [-0.2, -0.15) is 10.0 Å². The Labute approximate surface area is 130 Å². The summed E-state index contributed by atoms with van der Waals surface area (Å²) in [7, 11) is 3.37. The topological polar surface area (TPSA) is 60.6 Å². The van der Waals surface area contributed by atoms with Crippen molar-refractivity contribution in [3.63, 3.8) is 0 Å². The highest BCUT2D eigenvalue weighted by atomic mass is 16.7. The van der Waals surface area contributed by atoms with Crippen molar-refractivity contribution in [2.24, 2.45) is 0 Å². The molecule has 2 heterocycles. The number of aromatic nitrogens is 2. The summed E-state index contributed by atoms with van der Waals surface area (Å²) in [6.07, 6.45) is 2.64. The summed E-state index contributed by atoms with van der Waals surface area (Å²) < 4.78 is 10.6. The van der Waals surface area contributed by atoms with Gasteiger partial charge in [-0.15, -0.1) is 0 Å². The largest absolute Gasteiger partial charge is 0.497 e. The molecular weight excluding hydrogens is 282 g/mol. The molecule has 0 spiro atoms. The SMILES string of the molecule is COc1ccc(Cc2noc(C3CCN(OC)CC3)n2)cc1. The van der Waals surface area contributed by atoms with Gasteiger partial charge in [-0.3, -0.25) is 0 Å². The van der Waals surface area contributed by atoms with Crippen molar-refractivity contribution in [3.8, 4) is 5.75 Å². The first-order chi connectivity index (χ1) is 10.8. The fourth-order valence-corrected chi connectivity index (χ4v) is 2.72. The Morgan fingerprint density at radius 2 is 1.91 bits per heavy atom. The number of rotatable bonds is 5. The quantitative estimate of drug-likeness (QED) is 0.845. The van der Waals surface area contributed by atoms with Crippen LogP contribution in [0.2, 0.25) is 0 Å². The third kappa shape index (κ3) is 3.45. The van der Waals surface area contributed by atoms with Gasteiger partial charge in [0.2, 0.25) is 5.89 Å². The Morgan fingerprint density at radius 3 is 2.55 bits per heavy atom. The number of hydroxylamine groups is 2. The zero-order valence-corrected chi connectivity index (χ0v) is 13.0. The molecule has 1 aliphatic heterocycles. The molecule has 0 atom stereocenters. The van der Waals surface area contributed by atoms with Crippen molar-refractivity contribution >= 4 is 0 Å². The second-order valence-corrected chi connectivity index (χ2v) is 5.46. The van der Waals surface area contributed by atoms with E-state index < -0.39 is 0 Å². The number of piperidine rings is 1. The van der Waals surface area contributed by atoms with Crippen LogP contribution in [0.25, 0.3) is 0 Å². The van der Waals surface area contributed by atoms with E-state index in [2.05, 4.69) is 10.1 Å². The maximum absolute atomic E-state index is 5.44. The number of methoxy groups -OCH3 is 1. The van der Waals surface area contributed by atoms with Gasteiger partial charge in [-0.25, -0.2) is 0 Å². The van der Waals surface area contributed by atoms with Crippen LogP contribution in [-0.4, -0.2) is 42.5 Å². The van der Waals surface area contributed by atoms with Gasteiger partial charge in [0.05, 0.1) is 14.2 Å². The highest BCUT2D eigenvalue weighted by Gasteiger charge is 2.25. The lowest BCUT2D eigenvalue weighted by molar-refractivity contribution is -0.144. The molecule has 0 saturated carbocycles. The number of hydrogen-bond acceptors (Lipinski definition) is 6. The van der Waals surface area contributed by atoms with Crippen molar-refractivity contribution in [1.82, 2.24) is 15.2 Å². The lowest BCUT2D eigenvalue weighted by Crippen LogP contribution is -2.32. The van der Waals surface area contributed by atoms with Crippen LogP contribution in [0.1, 0.15) is 36.0 Å². The van der Waals surface area contributed by atoms with Crippen molar-refractivity contribution in [1.29, 1.82) is 0 Å². The number of nitrogens with zero attached hydrogens (tertiary/aromatic N) is 3. The van der Waals surface area contributed by atoms with E-state index in [4.69, 9.17) is 14.1 Å². The summed E-state index contributed by atoms with van der Waals surface area (Å²) in [5.74, 6) is 2.67. The molecule has 118 valence electrons. The molecule has 0 bridgehead atoms. The Bertz CT molecular complexity index is 589. The Hall–Kier alpha value is -1.92. The maximum atomic E-state index is 5.44. The van der Waals surface area contributed by atoms with E-state index in [1.807, 2.05) is 29.3 Å². The van der Waals surface area contributed by atoms with Crippen LogP contribution in [0.5, 0.6) is 5.75 Å². The van der Waals surface area contributed by atoms with Crippen LogP contribution in [-0.2, 0) is 11.3 Å². The second kappa shape index (κ2) is 6.89. The summed E-state index contributed by atoms with van der Waals surface area (Å²) >= 11 is 0. The molecule has 1 saturated heterocycles. The van der Waals surface area contributed by atoms with Crippen molar-refractivity contribution in [2.75, 3.05) is 27.3 Å². The summed E-state index contributed by atoms with van der Waals surface area (Å²) in [5, 5.41) is 6.07. The zero-order valence-electron chi connectivity index (χ0n) is 13.0. The van der Waals surface area contributed by atoms with Crippen LogP contribution in [0.4, 0.5) is 0 Å². The van der Waals surface area contributed by atoms with Crippen molar-refractivity contribution in [2.45, 2.75) is 25.2 Å². The first-order valence-electron chi connectivity index (χ1n) is 7.53. The first-order valence-corrected chi connectivity index (χ1v) is 7.53. The van der Waals surface area contributed by atoms with Crippen LogP contribution in [0, 0.1) is 0 Å². The van der Waals surface area contributed by atoms with E-state index in [0.29, 0.717) is 12.3 Å². The van der Waals surface area contributed by atoms with Gasteiger partial charge in [0, 0.05) is 25.4 Å². The monoisotopic (exact) mass is 303 g/mol. The molecule has 1 aliphatic rings. The van der Waals surface area contributed by atoms with E-state index in [1.54, 1.807) is 14.2 Å². The van der Waals surface area contributed by atoms with Gasteiger partial charge in [-0.1, -0.05) is 17.3 Å². The minimum atomic E-state index is 0.337. The Morgan fingerprint density at radius 1 is 1.18 bits per heavy atom. The van der Waals surface area contributed by atoms with Crippen LogP contribution >= 0.6 is 0 Å². The smallest absolute Gasteiger partial charge is 0.229 e. The fraction of sp³-hybridized carbons (Fsp3) is 0.500. The highest BCUT2D eigenvalue weighted by Crippen LogP contribution is 2.27. The van der Waals surface area contributed by atoms with Crippen molar-refractivity contribution in [3.05, 3.63) is 41.5 Å². The molecule has 1 aromatic heterocycles. The fourth-order valence-electron chi connectivity index (χ4n) is 2.72. The summed E-state index contributed by atoms with van der Waals surface area (Å²) in [5.41, 5.74) is 1.14. The summed E-state index contributed by atoms with van der Waals surface area (Å²) in [6, 6.07) is 7.92. The van der Waals surface area contributed by atoms with Gasteiger partial charge >= 0.3 is 0 Å². The number of benzene rings is 1. The number of hydrogen-bond donors (Lipinski definition) is 0. The predicted molar refractivity (Wildman–Crippen MR) is 80.7 cm³/mol. The van der Waals surface area contributed by atoms with E-state index in [9.17, 15) is 0 Å². The van der Waals surface area contributed by atoms with E-state index in [0.717, 1.165) is 49.0 Å². The summed E-state index contributed by atoms with van der Waals surface area (Å²) in [6.45, 7) is 1.80. The van der Waals surface area contributed by atoms with Crippen LogP contribution < -0.4 is 4.74 Å². The standard InChI is InChI=1S/C16H21N3O3/c1-20-14-5-3-12(4-6-14)11-15-17-16(22-18-15)13-7-9-19(21-2)10-8-13/h3-6,13H,7-11H2,1-2H3. The minimum absolute atomic E-state index is 0.337. The molecule has 22 heavy (non-hydrogen) atoms. The summed E-state index contributed by atoms with van der Waals surface area (Å²) in [4.78, 5) is 9.79. The maximum Gasteiger partial charge on any atom is 0.229 e. The van der Waals surface area contributed by atoms with Crippen molar-refractivity contribution < 1.29 is 14.1 Å². The third-order valence-electron chi connectivity index (χ3n) is 4.07. The molecule has 3 rings (SSSR count). The lowest BCUT2D eigenvalue weighted by Gasteiger charge is -2.27. The average molecular weight is 303 g/mol. The third-order valence-corrected chi connectivity index (χ3v) is 4.07. The van der Waals surface area contributed by atoms with Gasteiger partial charge < -0.3 is 14.1 Å². The molecule has 0 N–H and O–H groups in total. The Balaban J connectivity index is 1.61. The van der Waals surface area contributed by atoms with Gasteiger partial charge in [0.25, 0.3) is 0 Å². The van der Waals surface area contributed by atoms with Gasteiger partial charge in [-0.05, 0) is 30.5 Å². The molecule has 0 amide bonds. The molecule has 1 aromatic carbocycles. The molecule has 6 nitrogen and oxygen atoms in total. The second-order valence-electron chi connectivity index (χ2n) is 5.46. The molecule has 0 radical (unpaired) electrons.